The van der Waals surface area contributed by atoms with Gasteiger partial charge in [-0.05, 0) is 30.3 Å². The molecule has 0 atom stereocenters. The number of aromatic amines is 1. The average molecular weight is 270 g/mol. The van der Waals surface area contributed by atoms with Crippen molar-refractivity contribution in [3.8, 4) is 5.75 Å². The van der Waals surface area contributed by atoms with Crippen LogP contribution in [0.25, 0.3) is 0 Å². The Morgan fingerprint density at radius 1 is 1.16 bits per heavy atom. The Morgan fingerprint density at radius 2 is 1.79 bits per heavy atom. The summed E-state index contributed by atoms with van der Waals surface area (Å²) in [6.07, 6.45) is -2.97. The van der Waals surface area contributed by atoms with Crippen molar-refractivity contribution in [1.29, 1.82) is 0 Å². The van der Waals surface area contributed by atoms with Crippen LogP contribution in [0.1, 0.15) is 15.9 Å². The number of hydrogen-bond acceptors (Lipinski definition) is 3. The molecule has 4 nitrogen and oxygen atoms in total. The van der Waals surface area contributed by atoms with Crippen LogP contribution in [0.5, 0.6) is 5.75 Å². The monoisotopic (exact) mass is 270 g/mol. The molecule has 3 N–H and O–H groups in total. The predicted molar refractivity (Wildman–Crippen MR) is 61.6 cm³/mol. The maximum Gasteiger partial charge on any atom is 0.416 e. The molecule has 0 saturated heterocycles. The van der Waals surface area contributed by atoms with E-state index in [-0.39, 0.29) is 17.1 Å². The molecule has 1 aromatic heterocycles. The summed E-state index contributed by atoms with van der Waals surface area (Å²) in [4.78, 5) is 14.2. The second-order valence-corrected chi connectivity index (χ2v) is 3.72. The quantitative estimate of drug-likeness (QED) is 0.651. The highest BCUT2D eigenvalue weighted by atomic mass is 19.4. The summed E-state index contributed by atoms with van der Waals surface area (Å²) in [5.41, 5.74) is 4.78. The van der Waals surface area contributed by atoms with Gasteiger partial charge >= 0.3 is 12.1 Å². The Labute approximate surface area is 106 Å². The van der Waals surface area contributed by atoms with Crippen molar-refractivity contribution in [3.05, 3.63) is 47.7 Å². The highest BCUT2D eigenvalue weighted by Gasteiger charge is 2.30. The van der Waals surface area contributed by atoms with Crippen LogP contribution < -0.4 is 10.5 Å². The second kappa shape index (κ2) is 4.68. The van der Waals surface area contributed by atoms with Crippen LogP contribution in [0.4, 0.5) is 19.0 Å². The fourth-order valence-corrected chi connectivity index (χ4v) is 1.43. The number of aromatic nitrogens is 1. The van der Waals surface area contributed by atoms with Crippen LogP contribution in [-0.2, 0) is 6.18 Å². The number of ether oxygens (including phenoxy) is 1. The molecule has 19 heavy (non-hydrogen) atoms. The van der Waals surface area contributed by atoms with Crippen LogP contribution >= 0.6 is 0 Å². The van der Waals surface area contributed by atoms with Crippen molar-refractivity contribution >= 4 is 11.8 Å². The van der Waals surface area contributed by atoms with E-state index in [0.29, 0.717) is 0 Å². The standard InChI is InChI=1S/C12H9F3N2O2/c13-12(14,15)7-1-3-8(4-2-7)19-11(18)9-5-6-17-10(9)16/h1-6,17H,16H2. The number of carbonyl (C=O) groups is 1. The van der Waals surface area contributed by atoms with Crippen LogP contribution in [0.2, 0.25) is 0 Å². The number of H-pyrrole nitrogens is 1. The van der Waals surface area contributed by atoms with Gasteiger partial charge in [0, 0.05) is 6.20 Å². The topological polar surface area (TPSA) is 68.1 Å². The number of halogens is 3. The van der Waals surface area contributed by atoms with Crippen LogP contribution in [0.15, 0.2) is 36.5 Å². The maximum atomic E-state index is 12.3. The highest BCUT2D eigenvalue weighted by Crippen LogP contribution is 2.30. The molecule has 0 spiro atoms. The van der Waals surface area contributed by atoms with E-state index in [1.54, 1.807) is 0 Å². The van der Waals surface area contributed by atoms with E-state index in [0.717, 1.165) is 24.3 Å². The van der Waals surface area contributed by atoms with Gasteiger partial charge < -0.3 is 15.5 Å². The summed E-state index contributed by atoms with van der Waals surface area (Å²) >= 11 is 0. The van der Waals surface area contributed by atoms with Gasteiger partial charge in [0.2, 0.25) is 0 Å². The molecule has 0 bridgehead atoms. The van der Waals surface area contributed by atoms with Gasteiger partial charge in [-0.25, -0.2) is 4.79 Å². The number of nitrogen functional groups attached to an aromatic ring is 1. The zero-order valence-electron chi connectivity index (χ0n) is 9.49. The molecule has 7 heteroatoms. The lowest BCUT2D eigenvalue weighted by molar-refractivity contribution is -0.137. The molecule has 0 radical (unpaired) electrons. The SMILES string of the molecule is Nc1[nH]ccc1C(=O)Oc1ccc(C(F)(F)F)cc1. The Bertz CT molecular complexity index is 588. The Hall–Kier alpha value is -2.44. The van der Waals surface area contributed by atoms with E-state index in [2.05, 4.69) is 4.98 Å². The third-order valence-corrected chi connectivity index (χ3v) is 2.39. The van der Waals surface area contributed by atoms with Crippen molar-refractivity contribution in [3.63, 3.8) is 0 Å². The molecule has 100 valence electrons. The van der Waals surface area contributed by atoms with Gasteiger partial charge in [0.25, 0.3) is 0 Å². The molecule has 0 saturated carbocycles. The third-order valence-electron chi connectivity index (χ3n) is 2.39. The molecule has 1 heterocycles. The summed E-state index contributed by atoms with van der Waals surface area (Å²) < 4.78 is 41.9. The summed E-state index contributed by atoms with van der Waals surface area (Å²) in [6, 6.07) is 5.24. The molecule has 0 aliphatic heterocycles. The first-order valence-electron chi connectivity index (χ1n) is 5.20. The molecular formula is C12H9F3N2O2. The van der Waals surface area contributed by atoms with E-state index in [1.165, 1.54) is 12.3 Å². The number of anilines is 1. The molecule has 0 amide bonds. The van der Waals surface area contributed by atoms with E-state index in [1.807, 2.05) is 0 Å². The Morgan fingerprint density at radius 3 is 2.26 bits per heavy atom. The number of benzene rings is 1. The number of hydrogen-bond donors (Lipinski definition) is 2. The second-order valence-electron chi connectivity index (χ2n) is 3.72. The molecular weight excluding hydrogens is 261 g/mol. The van der Waals surface area contributed by atoms with Crippen molar-refractivity contribution < 1.29 is 22.7 Å². The van der Waals surface area contributed by atoms with Gasteiger partial charge in [-0.1, -0.05) is 0 Å². The number of nitrogens with one attached hydrogen (secondary N) is 1. The van der Waals surface area contributed by atoms with Crippen LogP contribution in [0.3, 0.4) is 0 Å². The zero-order chi connectivity index (χ0) is 14.0. The van der Waals surface area contributed by atoms with E-state index >= 15 is 0 Å². The lowest BCUT2D eigenvalue weighted by Crippen LogP contribution is -2.10. The molecule has 2 rings (SSSR count). The lowest BCUT2D eigenvalue weighted by atomic mass is 10.2. The van der Waals surface area contributed by atoms with Gasteiger partial charge in [0.05, 0.1) is 5.56 Å². The lowest BCUT2D eigenvalue weighted by Gasteiger charge is -2.07. The maximum absolute atomic E-state index is 12.3. The normalized spacial score (nSPS) is 11.3. The third kappa shape index (κ3) is 2.87. The minimum atomic E-state index is -4.42. The minimum absolute atomic E-state index is 0.0126. The molecule has 0 aliphatic rings. The van der Waals surface area contributed by atoms with Crippen LogP contribution in [-0.4, -0.2) is 11.0 Å². The van der Waals surface area contributed by atoms with Crippen molar-refractivity contribution in [2.75, 3.05) is 5.73 Å². The molecule has 1 aromatic carbocycles. The zero-order valence-corrected chi connectivity index (χ0v) is 9.49. The van der Waals surface area contributed by atoms with Gasteiger partial charge in [-0.2, -0.15) is 13.2 Å². The van der Waals surface area contributed by atoms with E-state index in [4.69, 9.17) is 10.5 Å². The van der Waals surface area contributed by atoms with Crippen molar-refractivity contribution in [1.82, 2.24) is 4.98 Å². The molecule has 2 aromatic rings. The number of nitrogens with two attached hydrogens (primary N) is 1. The van der Waals surface area contributed by atoms with Gasteiger partial charge in [0.15, 0.2) is 0 Å². The molecule has 0 fully saturated rings. The van der Waals surface area contributed by atoms with Crippen molar-refractivity contribution in [2.45, 2.75) is 6.18 Å². The summed E-state index contributed by atoms with van der Waals surface area (Å²) in [5.74, 6) is -0.589. The molecule has 0 unspecified atom stereocenters. The predicted octanol–water partition coefficient (Wildman–Crippen LogP) is 2.83. The number of esters is 1. The molecule has 0 aliphatic carbocycles. The van der Waals surface area contributed by atoms with Gasteiger partial charge in [0.1, 0.15) is 17.1 Å². The number of rotatable bonds is 2. The fraction of sp³-hybridized carbons (Fsp3) is 0.0833. The number of carbonyl (C=O) groups excluding carboxylic acids is 1. The summed E-state index contributed by atoms with van der Waals surface area (Å²) in [5, 5.41) is 0. The first-order valence-corrected chi connectivity index (χ1v) is 5.20. The highest BCUT2D eigenvalue weighted by molar-refractivity contribution is 5.95. The summed E-state index contributed by atoms with van der Waals surface area (Å²) in [7, 11) is 0. The Balaban J connectivity index is 2.12. The summed E-state index contributed by atoms with van der Waals surface area (Å²) in [6.45, 7) is 0. The first kappa shape index (κ1) is 13.0. The largest absolute Gasteiger partial charge is 0.423 e. The number of alkyl halides is 3. The van der Waals surface area contributed by atoms with Gasteiger partial charge in [-0.15, -0.1) is 0 Å². The van der Waals surface area contributed by atoms with E-state index in [9.17, 15) is 18.0 Å². The van der Waals surface area contributed by atoms with Crippen molar-refractivity contribution in [2.24, 2.45) is 0 Å². The first-order chi connectivity index (χ1) is 8.88. The van der Waals surface area contributed by atoms with E-state index < -0.39 is 17.7 Å². The fourth-order valence-electron chi connectivity index (χ4n) is 1.43. The Kier molecular flexibility index (Phi) is 3.20. The smallest absolute Gasteiger partial charge is 0.416 e. The minimum Gasteiger partial charge on any atom is -0.423 e. The van der Waals surface area contributed by atoms with Gasteiger partial charge in [-0.3, -0.25) is 0 Å². The van der Waals surface area contributed by atoms with Crippen LogP contribution in [0, 0.1) is 0 Å². The average Bonchev–Trinajstić information content (AvgIpc) is 2.75.